The summed E-state index contributed by atoms with van der Waals surface area (Å²) in [6, 6.07) is 0. The minimum atomic E-state index is 0.647. The molecule has 0 radical (unpaired) electrons. The van der Waals surface area contributed by atoms with E-state index < -0.39 is 0 Å². The maximum absolute atomic E-state index is 4.11. The van der Waals surface area contributed by atoms with E-state index in [0.717, 1.165) is 12.1 Å². The van der Waals surface area contributed by atoms with Crippen molar-refractivity contribution in [2.75, 3.05) is 0 Å². The third-order valence-electron chi connectivity index (χ3n) is 1.33. The fraction of sp³-hybridized carbons (Fsp3) is 0.455. The highest BCUT2D eigenvalue weighted by atomic mass is 15.0. The number of rotatable bonds is 0. The molecule has 0 fully saturated rings. The molecule has 1 aliphatic rings. The van der Waals surface area contributed by atoms with Crippen molar-refractivity contribution in [3.63, 3.8) is 0 Å². The zero-order valence-electron chi connectivity index (χ0n) is 9.81. The summed E-state index contributed by atoms with van der Waals surface area (Å²) in [6.45, 7) is 8.00. The number of aliphatic imine (C=N–C) groups is 2. The first-order valence-electron chi connectivity index (χ1n) is 5.32. The summed E-state index contributed by atoms with van der Waals surface area (Å²) >= 11 is 0. The van der Waals surface area contributed by atoms with Gasteiger partial charge >= 0.3 is 0 Å². The Kier molecular flexibility index (Phi) is 8.05. The highest BCUT2D eigenvalue weighted by molar-refractivity contribution is 5.86. The Hall–Kier alpha value is -1.58. The maximum Gasteiger partial charge on any atom is 0.180 e. The molecule has 4 heteroatoms. The zero-order chi connectivity index (χ0) is 11.5. The first-order chi connectivity index (χ1) is 7.47. The van der Waals surface area contributed by atoms with Crippen molar-refractivity contribution < 1.29 is 0 Å². The Labute approximate surface area is 91.2 Å². The van der Waals surface area contributed by atoms with Crippen molar-refractivity contribution in [2.45, 2.75) is 34.1 Å². The number of fused-ring (bicyclic) bond motifs is 1. The molecule has 15 heavy (non-hydrogen) atoms. The number of aromatic nitrogens is 2. The van der Waals surface area contributed by atoms with Gasteiger partial charge in [-0.1, -0.05) is 27.7 Å². The van der Waals surface area contributed by atoms with Gasteiger partial charge in [-0.15, -0.1) is 0 Å². The van der Waals surface area contributed by atoms with Gasteiger partial charge in [-0.25, -0.2) is 15.0 Å². The normalized spacial score (nSPS) is 11.2. The van der Waals surface area contributed by atoms with E-state index >= 15 is 0 Å². The molecule has 0 N–H and O–H groups in total. The van der Waals surface area contributed by atoms with Gasteiger partial charge in [-0.3, -0.25) is 4.99 Å². The Bertz CT molecular complexity index is 287. The summed E-state index contributed by atoms with van der Waals surface area (Å²) in [5.74, 6) is 0.647. The van der Waals surface area contributed by atoms with E-state index in [4.69, 9.17) is 0 Å². The molecule has 0 saturated heterocycles. The van der Waals surface area contributed by atoms with Crippen LogP contribution in [-0.4, -0.2) is 22.4 Å². The van der Waals surface area contributed by atoms with Gasteiger partial charge in [0, 0.05) is 18.9 Å². The van der Waals surface area contributed by atoms with E-state index in [1.54, 1.807) is 18.6 Å². The van der Waals surface area contributed by atoms with Crippen LogP contribution in [0, 0.1) is 0 Å². The molecule has 0 saturated carbocycles. The number of hydrogen-bond donors (Lipinski definition) is 0. The molecule has 0 aliphatic carbocycles. The van der Waals surface area contributed by atoms with Crippen LogP contribution >= 0.6 is 0 Å². The molecule has 0 spiro atoms. The summed E-state index contributed by atoms with van der Waals surface area (Å²) in [5, 5.41) is 0. The van der Waals surface area contributed by atoms with Crippen LogP contribution < -0.4 is 0 Å². The first-order valence-corrected chi connectivity index (χ1v) is 5.32. The first kappa shape index (κ1) is 13.4. The molecule has 82 valence electrons. The average Bonchev–Trinajstić information content (AvgIpc) is 2.59. The van der Waals surface area contributed by atoms with Crippen LogP contribution in [0.4, 0.5) is 11.5 Å². The number of hydrogen-bond acceptors (Lipinski definition) is 4. The summed E-state index contributed by atoms with van der Waals surface area (Å²) in [7, 11) is 0. The smallest absolute Gasteiger partial charge is 0.180 e. The van der Waals surface area contributed by atoms with Crippen LogP contribution in [0.25, 0.3) is 0 Å². The van der Waals surface area contributed by atoms with Gasteiger partial charge in [-0.05, 0) is 0 Å². The molecule has 0 unspecified atom stereocenters. The third kappa shape index (κ3) is 4.44. The predicted octanol–water partition coefficient (Wildman–Crippen LogP) is 3.34. The minimum absolute atomic E-state index is 0.647. The quantitative estimate of drug-likeness (QED) is 0.653. The molecule has 2 rings (SSSR count). The van der Waals surface area contributed by atoms with Crippen LogP contribution in [0.15, 0.2) is 22.5 Å². The van der Waals surface area contributed by atoms with Gasteiger partial charge < -0.3 is 0 Å². The molecule has 4 nitrogen and oxygen atoms in total. The Morgan fingerprint density at radius 1 is 1.00 bits per heavy atom. The van der Waals surface area contributed by atoms with E-state index in [-0.39, 0.29) is 0 Å². The highest BCUT2D eigenvalue weighted by Gasteiger charge is 2.00. The second kappa shape index (κ2) is 8.99. The molecule has 0 aromatic carbocycles. The van der Waals surface area contributed by atoms with Crippen molar-refractivity contribution in [3.05, 3.63) is 12.5 Å². The topological polar surface area (TPSA) is 50.5 Å². The SMILES string of the molecule is C1=Nc2cncnc2N=CC1.CC.CC. The van der Waals surface area contributed by atoms with Crippen LogP contribution in [0.2, 0.25) is 0 Å². The lowest BCUT2D eigenvalue weighted by atomic mass is 10.5. The summed E-state index contributed by atoms with van der Waals surface area (Å²) < 4.78 is 0. The lowest BCUT2D eigenvalue weighted by Gasteiger charge is -1.92. The monoisotopic (exact) mass is 206 g/mol. The van der Waals surface area contributed by atoms with Crippen molar-refractivity contribution in [2.24, 2.45) is 9.98 Å². The van der Waals surface area contributed by atoms with Gasteiger partial charge in [0.15, 0.2) is 5.82 Å². The van der Waals surface area contributed by atoms with E-state index in [2.05, 4.69) is 20.0 Å². The van der Waals surface area contributed by atoms with E-state index in [1.807, 2.05) is 27.7 Å². The average molecular weight is 206 g/mol. The van der Waals surface area contributed by atoms with Crippen molar-refractivity contribution in [3.8, 4) is 0 Å². The molecule has 1 aliphatic heterocycles. The Morgan fingerprint density at radius 2 is 1.67 bits per heavy atom. The third-order valence-corrected chi connectivity index (χ3v) is 1.33. The van der Waals surface area contributed by atoms with Crippen molar-refractivity contribution in [1.29, 1.82) is 0 Å². The molecule has 2 heterocycles. The van der Waals surface area contributed by atoms with Gasteiger partial charge in [-0.2, -0.15) is 0 Å². The maximum atomic E-state index is 4.11. The van der Waals surface area contributed by atoms with Crippen LogP contribution in [0.3, 0.4) is 0 Å². The zero-order valence-corrected chi connectivity index (χ0v) is 9.81. The van der Waals surface area contributed by atoms with Crippen LogP contribution in [0.1, 0.15) is 34.1 Å². The fourth-order valence-electron chi connectivity index (χ4n) is 0.844. The lowest BCUT2D eigenvalue weighted by molar-refractivity contribution is 1.15. The van der Waals surface area contributed by atoms with Crippen LogP contribution in [0.5, 0.6) is 0 Å². The summed E-state index contributed by atoms with van der Waals surface area (Å²) in [5.41, 5.74) is 0.737. The van der Waals surface area contributed by atoms with E-state index in [0.29, 0.717) is 5.82 Å². The van der Waals surface area contributed by atoms with E-state index in [9.17, 15) is 0 Å². The van der Waals surface area contributed by atoms with Gasteiger partial charge in [0.1, 0.15) is 12.0 Å². The van der Waals surface area contributed by atoms with Gasteiger partial charge in [0.25, 0.3) is 0 Å². The van der Waals surface area contributed by atoms with Gasteiger partial charge in [0.05, 0.1) is 6.20 Å². The molecule has 0 amide bonds. The molecule has 1 aromatic rings. The Morgan fingerprint density at radius 3 is 2.40 bits per heavy atom. The standard InChI is InChI=1S/C7H6N4.2C2H6/c1-2-9-6-4-8-5-11-7(6)10-3-1;2*1-2/h2-5H,1H2;2*1-2H3. The Balaban J connectivity index is 0.000000442. The van der Waals surface area contributed by atoms with Crippen molar-refractivity contribution in [1.82, 2.24) is 9.97 Å². The lowest BCUT2D eigenvalue weighted by Crippen LogP contribution is -1.76. The van der Waals surface area contributed by atoms with E-state index in [1.165, 1.54) is 6.33 Å². The highest BCUT2D eigenvalue weighted by Crippen LogP contribution is 2.23. The molecule has 1 aromatic heterocycles. The molecule has 0 atom stereocenters. The van der Waals surface area contributed by atoms with Gasteiger partial charge in [0.2, 0.25) is 0 Å². The second-order valence-electron chi connectivity index (χ2n) is 2.09. The predicted molar refractivity (Wildman–Crippen MR) is 65.6 cm³/mol. The molecule has 0 bridgehead atoms. The summed E-state index contributed by atoms with van der Waals surface area (Å²) in [6.07, 6.45) is 7.45. The van der Waals surface area contributed by atoms with Crippen molar-refractivity contribution >= 4 is 23.9 Å². The fourth-order valence-corrected chi connectivity index (χ4v) is 0.844. The summed E-state index contributed by atoms with van der Waals surface area (Å²) in [4.78, 5) is 16.0. The largest absolute Gasteiger partial charge is 0.255 e. The second-order valence-corrected chi connectivity index (χ2v) is 2.09. The minimum Gasteiger partial charge on any atom is -0.255 e. The molecular weight excluding hydrogens is 188 g/mol. The number of nitrogens with zero attached hydrogens (tertiary/aromatic N) is 4. The van der Waals surface area contributed by atoms with Crippen LogP contribution in [-0.2, 0) is 0 Å². The molecular formula is C11H18N4.